The predicted octanol–water partition coefficient (Wildman–Crippen LogP) is 9.65. The van der Waals surface area contributed by atoms with Gasteiger partial charge < -0.3 is 29.5 Å². The van der Waals surface area contributed by atoms with Crippen LogP contribution in [0, 0.1) is 13.8 Å². The molecule has 0 unspecified atom stereocenters. The van der Waals surface area contributed by atoms with E-state index >= 15 is 0 Å². The van der Waals surface area contributed by atoms with Gasteiger partial charge in [-0.2, -0.15) is 0 Å². The van der Waals surface area contributed by atoms with Crippen molar-refractivity contribution in [1.29, 1.82) is 0 Å². The molecular weight excluding hydrogens is 596 g/mol. The van der Waals surface area contributed by atoms with Gasteiger partial charge in [-0.1, -0.05) is 48.5 Å². The van der Waals surface area contributed by atoms with Gasteiger partial charge in [0.15, 0.2) is 0 Å². The number of aryl methyl sites for hydroxylation is 2. The molecule has 0 saturated carbocycles. The van der Waals surface area contributed by atoms with Crippen LogP contribution >= 0.6 is 0 Å². The first-order valence-corrected chi connectivity index (χ1v) is 16.1. The summed E-state index contributed by atoms with van der Waals surface area (Å²) in [7, 11) is 0. The summed E-state index contributed by atoms with van der Waals surface area (Å²) in [5.74, 6) is 1.45. The number of ether oxygens (including phenoxy) is 2. The minimum absolute atomic E-state index is 0.0202. The number of hydrogen-bond acceptors (Lipinski definition) is 6. The fraction of sp³-hybridized carbons (Fsp3) is 0.143. The Morgan fingerprint density at radius 2 is 0.750 bits per heavy atom. The largest absolute Gasteiger partial charge is 0.491 e. The highest BCUT2D eigenvalue weighted by Crippen LogP contribution is 2.39. The number of rotatable bonds is 13. The van der Waals surface area contributed by atoms with Crippen LogP contribution in [0.2, 0.25) is 0 Å². The van der Waals surface area contributed by atoms with Gasteiger partial charge in [0, 0.05) is 34.1 Å². The van der Waals surface area contributed by atoms with E-state index in [0.29, 0.717) is 0 Å². The molecule has 2 N–H and O–H groups in total. The van der Waals surface area contributed by atoms with Crippen LogP contribution in [0.25, 0.3) is 11.1 Å². The minimum atomic E-state index is -0.0202. The fourth-order valence-corrected chi connectivity index (χ4v) is 5.74. The molecule has 0 aliphatic rings. The van der Waals surface area contributed by atoms with Crippen LogP contribution in [0.3, 0.4) is 0 Å². The molecular formula is C42H40N2O4. The SMILES string of the molecule is Cc1cccc(N(c2ccc(OCCO)cc2)c2ccc(-c3ccc(N(c4ccc(OCCO)cc4)c4cccc(C)c4)cc3)cc2)c1. The molecule has 0 aromatic heterocycles. The van der Waals surface area contributed by atoms with E-state index in [4.69, 9.17) is 19.7 Å². The van der Waals surface area contributed by atoms with Crippen molar-refractivity contribution in [3.05, 3.63) is 157 Å². The molecule has 0 heterocycles. The van der Waals surface area contributed by atoms with Crippen LogP contribution in [-0.2, 0) is 0 Å². The standard InChI is InChI=1S/C42H40N2O4/c1-31-5-3-7-39(29-31)43(37-17-21-41(22-18-37)47-27-25-45)35-13-9-33(10-14-35)34-11-15-36(16-12-34)44(40-8-4-6-32(2)30-40)38-19-23-42(24-20-38)48-28-26-46/h3-24,29-30,45-46H,25-28H2,1-2H3. The van der Waals surface area contributed by atoms with Gasteiger partial charge in [-0.05, 0) is 133 Å². The maximum absolute atomic E-state index is 9.12. The van der Waals surface area contributed by atoms with Crippen LogP contribution in [-0.4, -0.2) is 36.6 Å². The monoisotopic (exact) mass is 636 g/mol. The number of aliphatic hydroxyl groups excluding tert-OH is 2. The van der Waals surface area contributed by atoms with Gasteiger partial charge in [-0.3, -0.25) is 0 Å². The van der Waals surface area contributed by atoms with Crippen molar-refractivity contribution in [3.63, 3.8) is 0 Å². The number of anilines is 6. The average Bonchev–Trinajstić information content (AvgIpc) is 3.12. The topological polar surface area (TPSA) is 65.4 Å². The van der Waals surface area contributed by atoms with Gasteiger partial charge in [0.2, 0.25) is 0 Å². The highest BCUT2D eigenvalue weighted by Gasteiger charge is 2.15. The Morgan fingerprint density at radius 1 is 0.417 bits per heavy atom. The maximum Gasteiger partial charge on any atom is 0.119 e. The number of hydrogen-bond donors (Lipinski definition) is 2. The molecule has 0 aliphatic heterocycles. The third-order valence-electron chi connectivity index (χ3n) is 8.01. The van der Waals surface area contributed by atoms with Gasteiger partial charge in [0.1, 0.15) is 24.7 Å². The first kappa shape index (κ1) is 32.4. The molecule has 6 aromatic carbocycles. The molecule has 0 radical (unpaired) electrons. The Hall–Kier alpha value is -5.56. The van der Waals surface area contributed by atoms with Crippen molar-refractivity contribution in [1.82, 2.24) is 0 Å². The molecule has 0 saturated heterocycles. The lowest BCUT2D eigenvalue weighted by Gasteiger charge is -2.27. The number of benzene rings is 6. The molecule has 0 spiro atoms. The predicted molar refractivity (Wildman–Crippen MR) is 196 cm³/mol. The lowest BCUT2D eigenvalue weighted by Crippen LogP contribution is -2.10. The first-order chi connectivity index (χ1) is 23.5. The maximum atomic E-state index is 9.12. The third kappa shape index (κ3) is 7.69. The summed E-state index contributed by atoms with van der Waals surface area (Å²) in [4.78, 5) is 4.46. The zero-order chi connectivity index (χ0) is 33.3. The second-order valence-corrected chi connectivity index (χ2v) is 11.6. The van der Waals surface area contributed by atoms with E-state index in [1.54, 1.807) is 0 Å². The lowest BCUT2D eigenvalue weighted by molar-refractivity contribution is 0.201. The molecule has 242 valence electrons. The third-order valence-corrected chi connectivity index (χ3v) is 8.01. The normalized spacial score (nSPS) is 10.8. The van der Waals surface area contributed by atoms with E-state index in [1.807, 2.05) is 48.5 Å². The molecule has 0 bridgehead atoms. The highest BCUT2D eigenvalue weighted by molar-refractivity contribution is 5.81. The van der Waals surface area contributed by atoms with Gasteiger partial charge in [-0.25, -0.2) is 0 Å². The summed E-state index contributed by atoms with van der Waals surface area (Å²) in [6, 6.07) is 50.1. The quantitative estimate of drug-likeness (QED) is 0.132. The summed E-state index contributed by atoms with van der Waals surface area (Å²) in [5, 5.41) is 18.2. The van der Waals surface area contributed by atoms with Crippen molar-refractivity contribution in [3.8, 4) is 22.6 Å². The Bertz CT molecular complexity index is 1760. The molecule has 6 heteroatoms. The summed E-state index contributed by atoms with van der Waals surface area (Å²) in [5.41, 5.74) is 10.9. The summed E-state index contributed by atoms with van der Waals surface area (Å²) in [6.45, 7) is 4.69. The zero-order valence-electron chi connectivity index (χ0n) is 27.3. The Labute approximate surface area is 282 Å². The fourth-order valence-electron chi connectivity index (χ4n) is 5.74. The van der Waals surface area contributed by atoms with Crippen LogP contribution in [0.4, 0.5) is 34.1 Å². The molecule has 48 heavy (non-hydrogen) atoms. The molecule has 0 amide bonds. The summed E-state index contributed by atoms with van der Waals surface area (Å²) in [6.07, 6.45) is 0. The molecule has 0 aliphatic carbocycles. The van der Waals surface area contributed by atoms with E-state index in [9.17, 15) is 0 Å². The van der Waals surface area contributed by atoms with E-state index < -0.39 is 0 Å². The minimum Gasteiger partial charge on any atom is -0.491 e. The smallest absolute Gasteiger partial charge is 0.119 e. The van der Waals surface area contributed by atoms with Gasteiger partial charge in [-0.15, -0.1) is 0 Å². The second kappa shape index (κ2) is 15.4. The van der Waals surface area contributed by atoms with Crippen LogP contribution < -0.4 is 19.3 Å². The van der Waals surface area contributed by atoms with Crippen molar-refractivity contribution in [2.45, 2.75) is 13.8 Å². The van der Waals surface area contributed by atoms with Crippen molar-refractivity contribution >= 4 is 34.1 Å². The molecule has 6 rings (SSSR count). The summed E-state index contributed by atoms with van der Waals surface area (Å²) < 4.78 is 11.2. The highest BCUT2D eigenvalue weighted by atomic mass is 16.5. The second-order valence-electron chi connectivity index (χ2n) is 11.6. The Kier molecular flexibility index (Phi) is 10.4. The van der Waals surface area contributed by atoms with Gasteiger partial charge in [0.05, 0.1) is 13.2 Å². The van der Waals surface area contributed by atoms with Crippen molar-refractivity contribution in [2.24, 2.45) is 0 Å². The van der Waals surface area contributed by atoms with Gasteiger partial charge >= 0.3 is 0 Å². The summed E-state index contributed by atoms with van der Waals surface area (Å²) >= 11 is 0. The first-order valence-electron chi connectivity index (χ1n) is 16.1. The van der Waals surface area contributed by atoms with E-state index in [1.165, 1.54) is 11.1 Å². The lowest BCUT2D eigenvalue weighted by atomic mass is 10.0. The Morgan fingerprint density at radius 3 is 1.06 bits per heavy atom. The van der Waals surface area contributed by atoms with Crippen LogP contribution in [0.15, 0.2) is 146 Å². The van der Waals surface area contributed by atoms with E-state index in [2.05, 4.69) is 121 Å². The molecule has 0 atom stereocenters. The molecule has 6 nitrogen and oxygen atoms in total. The molecule has 6 aromatic rings. The van der Waals surface area contributed by atoms with Crippen molar-refractivity contribution < 1.29 is 19.7 Å². The number of nitrogens with zero attached hydrogens (tertiary/aromatic N) is 2. The Balaban J connectivity index is 1.29. The van der Waals surface area contributed by atoms with Crippen LogP contribution in [0.1, 0.15) is 11.1 Å². The zero-order valence-corrected chi connectivity index (χ0v) is 27.3. The van der Waals surface area contributed by atoms with Gasteiger partial charge in [0.25, 0.3) is 0 Å². The van der Waals surface area contributed by atoms with E-state index in [0.717, 1.165) is 56.8 Å². The van der Waals surface area contributed by atoms with Crippen molar-refractivity contribution in [2.75, 3.05) is 36.2 Å². The van der Waals surface area contributed by atoms with Crippen LogP contribution in [0.5, 0.6) is 11.5 Å². The van der Waals surface area contributed by atoms with E-state index in [-0.39, 0.29) is 26.4 Å². The number of aliphatic hydroxyl groups is 2. The molecule has 0 fully saturated rings. The average molecular weight is 637 g/mol.